The lowest BCUT2D eigenvalue weighted by atomic mass is 9.91. The van der Waals surface area contributed by atoms with Crippen molar-refractivity contribution in [1.29, 1.82) is 5.26 Å². The van der Waals surface area contributed by atoms with Gasteiger partial charge in [0.05, 0.1) is 5.56 Å². The summed E-state index contributed by atoms with van der Waals surface area (Å²) in [6, 6.07) is 8.53. The third-order valence-electron chi connectivity index (χ3n) is 3.44. The minimum Gasteiger partial charge on any atom is -0.192 e. The van der Waals surface area contributed by atoms with Crippen LogP contribution in [0.5, 0.6) is 0 Å². The highest BCUT2D eigenvalue weighted by Gasteiger charge is 2.20. The van der Waals surface area contributed by atoms with E-state index in [1.807, 2.05) is 24.8 Å². The van der Waals surface area contributed by atoms with Gasteiger partial charge in [0.15, 0.2) is 0 Å². The zero-order valence-electron chi connectivity index (χ0n) is 10.6. The summed E-state index contributed by atoms with van der Waals surface area (Å²) in [7, 11) is 0. The summed E-state index contributed by atoms with van der Waals surface area (Å²) in [6.07, 6.45) is 5.31. The highest BCUT2D eigenvalue weighted by Crippen LogP contribution is 2.37. The lowest BCUT2D eigenvalue weighted by Crippen LogP contribution is -2.15. The van der Waals surface area contributed by atoms with E-state index in [-0.39, 0.29) is 0 Å². The number of nitriles is 1. The zero-order chi connectivity index (χ0) is 12.3. The third kappa shape index (κ3) is 3.26. The fourth-order valence-corrected chi connectivity index (χ4v) is 3.95. The van der Waals surface area contributed by atoms with Crippen LogP contribution in [-0.4, -0.2) is 5.25 Å². The number of thioether (sulfide) groups is 1. The maximum atomic E-state index is 9.16. The molecule has 0 amide bonds. The van der Waals surface area contributed by atoms with Crippen molar-refractivity contribution < 1.29 is 0 Å². The molecule has 1 saturated carbocycles. The lowest BCUT2D eigenvalue weighted by Gasteiger charge is -2.26. The van der Waals surface area contributed by atoms with Gasteiger partial charge in [-0.1, -0.05) is 25.8 Å². The van der Waals surface area contributed by atoms with Crippen molar-refractivity contribution in [2.24, 2.45) is 5.92 Å². The third-order valence-corrected chi connectivity index (χ3v) is 4.81. The summed E-state index contributed by atoms with van der Waals surface area (Å²) in [6.45, 7) is 4.38. The second-order valence-corrected chi connectivity index (χ2v) is 6.47. The smallest absolute Gasteiger partial charge is 0.100 e. The summed E-state index contributed by atoms with van der Waals surface area (Å²) < 4.78 is 0. The number of benzene rings is 1. The van der Waals surface area contributed by atoms with Crippen LogP contribution < -0.4 is 0 Å². The van der Waals surface area contributed by atoms with Crippen LogP contribution in [-0.2, 0) is 0 Å². The van der Waals surface area contributed by atoms with E-state index in [0.29, 0.717) is 5.25 Å². The molecule has 1 aliphatic rings. The fraction of sp³-hybridized carbons (Fsp3) is 0.533. The van der Waals surface area contributed by atoms with Crippen LogP contribution in [0, 0.1) is 24.2 Å². The lowest BCUT2D eigenvalue weighted by molar-refractivity contribution is 0.394. The predicted molar refractivity (Wildman–Crippen MR) is 73.2 cm³/mol. The summed E-state index contributed by atoms with van der Waals surface area (Å²) in [5.74, 6) is 0.845. The Labute approximate surface area is 108 Å². The largest absolute Gasteiger partial charge is 0.192 e. The Hall–Kier alpha value is -0.940. The van der Waals surface area contributed by atoms with Crippen molar-refractivity contribution in [1.82, 2.24) is 0 Å². The van der Waals surface area contributed by atoms with Gasteiger partial charge in [0.1, 0.15) is 6.07 Å². The maximum Gasteiger partial charge on any atom is 0.100 e. The Kier molecular flexibility index (Phi) is 4.12. The maximum absolute atomic E-state index is 9.16. The Morgan fingerprint density at radius 2 is 2.18 bits per heavy atom. The van der Waals surface area contributed by atoms with Gasteiger partial charge < -0.3 is 0 Å². The molecule has 2 unspecified atom stereocenters. The molecule has 0 saturated heterocycles. The Morgan fingerprint density at radius 1 is 1.35 bits per heavy atom. The molecule has 0 bridgehead atoms. The van der Waals surface area contributed by atoms with Gasteiger partial charge in [0.2, 0.25) is 0 Å². The number of nitrogens with zero attached hydrogens (tertiary/aromatic N) is 1. The fourth-order valence-electron chi connectivity index (χ4n) is 2.50. The van der Waals surface area contributed by atoms with Gasteiger partial charge >= 0.3 is 0 Å². The van der Waals surface area contributed by atoms with E-state index in [9.17, 15) is 0 Å². The molecular weight excluding hydrogens is 226 g/mol. The molecule has 2 heteroatoms. The first-order valence-electron chi connectivity index (χ1n) is 6.36. The molecule has 1 nitrogen and oxygen atoms in total. The van der Waals surface area contributed by atoms with Crippen molar-refractivity contribution in [2.75, 3.05) is 0 Å². The molecule has 0 aromatic heterocycles. The van der Waals surface area contributed by atoms with Crippen molar-refractivity contribution in [3.05, 3.63) is 29.3 Å². The van der Waals surface area contributed by atoms with Gasteiger partial charge in [0, 0.05) is 10.1 Å². The molecule has 0 spiro atoms. The van der Waals surface area contributed by atoms with Crippen molar-refractivity contribution >= 4 is 11.8 Å². The van der Waals surface area contributed by atoms with Crippen molar-refractivity contribution in [3.8, 4) is 6.07 Å². The van der Waals surface area contributed by atoms with E-state index in [2.05, 4.69) is 25.1 Å². The number of aryl methyl sites for hydroxylation is 1. The van der Waals surface area contributed by atoms with Crippen LogP contribution in [0.3, 0.4) is 0 Å². The summed E-state index contributed by atoms with van der Waals surface area (Å²) in [4.78, 5) is 1.16. The molecule has 17 heavy (non-hydrogen) atoms. The monoisotopic (exact) mass is 245 g/mol. The molecule has 1 aromatic rings. The highest BCUT2D eigenvalue weighted by molar-refractivity contribution is 8.00. The SMILES string of the molecule is Cc1ccc(SC2CCCC(C)C2)c(C#N)c1. The number of hydrogen-bond donors (Lipinski definition) is 0. The van der Waals surface area contributed by atoms with E-state index in [0.717, 1.165) is 16.4 Å². The predicted octanol–water partition coefficient (Wildman–Crippen LogP) is 4.54. The van der Waals surface area contributed by atoms with Gasteiger partial charge in [-0.3, -0.25) is 0 Å². The second kappa shape index (κ2) is 5.60. The topological polar surface area (TPSA) is 23.8 Å². The Bertz CT molecular complexity index is 433. The molecule has 1 aromatic carbocycles. The summed E-state index contributed by atoms with van der Waals surface area (Å²) >= 11 is 1.91. The van der Waals surface area contributed by atoms with Gasteiger partial charge in [-0.25, -0.2) is 0 Å². The average molecular weight is 245 g/mol. The minimum absolute atomic E-state index is 0.702. The first-order valence-corrected chi connectivity index (χ1v) is 7.24. The Balaban J connectivity index is 2.10. The van der Waals surface area contributed by atoms with E-state index in [1.54, 1.807) is 0 Å². The molecule has 0 N–H and O–H groups in total. The summed E-state index contributed by atoms with van der Waals surface area (Å²) in [5, 5.41) is 9.86. The van der Waals surface area contributed by atoms with Crippen LogP contribution in [0.25, 0.3) is 0 Å². The minimum atomic E-state index is 0.702. The highest BCUT2D eigenvalue weighted by atomic mass is 32.2. The van der Waals surface area contributed by atoms with E-state index in [4.69, 9.17) is 5.26 Å². The molecule has 0 aliphatic heterocycles. The van der Waals surface area contributed by atoms with Gasteiger partial charge in [-0.05, 0) is 43.4 Å². The number of hydrogen-bond acceptors (Lipinski definition) is 2. The van der Waals surface area contributed by atoms with Gasteiger partial charge in [0.25, 0.3) is 0 Å². The average Bonchev–Trinajstić information content (AvgIpc) is 2.31. The molecule has 2 rings (SSSR count). The quantitative estimate of drug-likeness (QED) is 0.764. The summed E-state index contributed by atoms with van der Waals surface area (Å²) in [5.41, 5.74) is 2.01. The normalized spacial score (nSPS) is 24.3. The molecule has 2 atom stereocenters. The van der Waals surface area contributed by atoms with Crippen molar-refractivity contribution in [2.45, 2.75) is 49.7 Å². The standard InChI is InChI=1S/C15H19NS/c1-11-4-3-5-14(9-11)17-15-7-6-12(2)8-13(15)10-16/h6-8,11,14H,3-5,9H2,1-2H3. The first kappa shape index (κ1) is 12.5. The van der Waals surface area contributed by atoms with Crippen LogP contribution in [0.1, 0.15) is 43.7 Å². The number of rotatable bonds is 2. The zero-order valence-corrected chi connectivity index (χ0v) is 11.4. The van der Waals surface area contributed by atoms with E-state index in [1.165, 1.54) is 31.2 Å². The molecule has 0 heterocycles. The van der Waals surface area contributed by atoms with Gasteiger partial charge in [-0.2, -0.15) is 5.26 Å². The van der Waals surface area contributed by atoms with Crippen LogP contribution in [0.4, 0.5) is 0 Å². The second-order valence-electron chi connectivity index (χ2n) is 5.12. The molecule has 1 aliphatic carbocycles. The first-order chi connectivity index (χ1) is 8.19. The molecule has 1 fully saturated rings. The van der Waals surface area contributed by atoms with E-state index < -0.39 is 0 Å². The molecular formula is C15H19NS. The van der Waals surface area contributed by atoms with Crippen molar-refractivity contribution in [3.63, 3.8) is 0 Å². The van der Waals surface area contributed by atoms with Crippen LogP contribution in [0.15, 0.2) is 23.1 Å². The van der Waals surface area contributed by atoms with Crippen LogP contribution in [0.2, 0.25) is 0 Å². The van der Waals surface area contributed by atoms with E-state index >= 15 is 0 Å². The Morgan fingerprint density at radius 3 is 2.88 bits per heavy atom. The van der Waals surface area contributed by atoms with Gasteiger partial charge in [-0.15, -0.1) is 11.8 Å². The molecule has 90 valence electrons. The van der Waals surface area contributed by atoms with Crippen LogP contribution >= 0.6 is 11.8 Å². The molecule has 0 radical (unpaired) electrons.